The highest BCUT2D eigenvalue weighted by Gasteiger charge is 2.40. The van der Waals surface area contributed by atoms with E-state index in [1.807, 2.05) is 36.1 Å². The SMILES string of the molecule is CCO[C@@H]1OC(C(=O)N2CCCCCCC2)=C[C@H](c2coc3ccccc23)[C@H]1CCOCCOCCO. The van der Waals surface area contributed by atoms with E-state index in [0.29, 0.717) is 45.2 Å². The molecule has 8 heteroatoms. The second-order valence-electron chi connectivity index (χ2n) is 9.65. The standard InChI is InChI=1S/C29H41NO7/c1-2-35-29-23(12-16-33-18-19-34-17-15-31)24(25-21-36-26-11-7-6-10-22(25)26)20-27(37-29)28(32)30-13-8-4-3-5-9-14-30/h6-7,10-11,20-21,23-24,29,31H,2-5,8-9,12-19H2,1H3/t23-,24+,29-/m1/s1. The molecule has 1 N–H and O–H groups in total. The van der Waals surface area contributed by atoms with Crippen LogP contribution < -0.4 is 0 Å². The molecule has 37 heavy (non-hydrogen) atoms. The third-order valence-electron chi connectivity index (χ3n) is 7.14. The first-order chi connectivity index (χ1) is 18.2. The molecule has 3 atom stereocenters. The fourth-order valence-corrected chi connectivity index (χ4v) is 5.26. The van der Waals surface area contributed by atoms with Crippen LogP contribution in [0.15, 0.2) is 46.8 Å². The van der Waals surface area contributed by atoms with E-state index >= 15 is 0 Å². The Morgan fingerprint density at radius 2 is 1.76 bits per heavy atom. The summed E-state index contributed by atoms with van der Waals surface area (Å²) in [5.74, 6) is 0.115. The first-order valence-corrected chi connectivity index (χ1v) is 13.7. The Balaban J connectivity index is 1.58. The zero-order chi connectivity index (χ0) is 25.9. The molecular formula is C29H41NO7. The lowest BCUT2D eigenvalue weighted by Crippen LogP contribution is -2.41. The normalized spacial score (nSPS) is 22.8. The molecule has 0 unspecified atom stereocenters. The number of hydrogen-bond acceptors (Lipinski definition) is 7. The number of nitrogens with zero attached hydrogens (tertiary/aromatic N) is 1. The van der Waals surface area contributed by atoms with Gasteiger partial charge >= 0.3 is 0 Å². The summed E-state index contributed by atoms with van der Waals surface area (Å²) in [6, 6.07) is 7.97. The van der Waals surface area contributed by atoms with Crippen LogP contribution in [0.4, 0.5) is 0 Å². The Kier molecular flexibility index (Phi) is 10.8. The van der Waals surface area contributed by atoms with Crippen molar-refractivity contribution in [3.8, 4) is 0 Å². The van der Waals surface area contributed by atoms with Crippen LogP contribution in [-0.2, 0) is 23.7 Å². The maximum Gasteiger partial charge on any atom is 0.288 e. The molecule has 1 amide bonds. The van der Waals surface area contributed by atoms with E-state index in [4.69, 9.17) is 28.5 Å². The number of para-hydroxylation sites is 1. The van der Waals surface area contributed by atoms with Crippen LogP contribution in [0, 0.1) is 5.92 Å². The highest BCUT2D eigenvalue weighted by Crippen LogP contribution is 2.42. The van der Waals surface area contributed by atoms with Crippen molar-refractivity contribution >= 4 is 16.9 Å². The summed E-state index contributed by atoms with van der Waals surface area (Å²) in [5.41, 5.74) is 1.84. The number of amides is 1. The summed E-state index contributed by atoms with van der Waals surface area (Å²) in [4.78, 5) is 15.6. The first kappa shape index (κ1) is 27.6. The van der Waals surface area contributed by atoms with Crippen molar-refractivity contribution in [2.24, 2.45) is 5.92 Å². The summed E-state index contributed by atoms with van der Waals surface area (Å²) in [5, 5.41) is 9.88. The van der Waals surface area contributed by atoms with Gasteiger partial charge in [-0.1, -0.05) is 37.5 Å². The van der Waals surface area contributed by atoms with E-state index in [9.17, 15) is 4.79 Å². The second kappa shape index (κ2) is 14.5. The largest absolute Gasteiger partial charge is 0.464 e. The number of hydrogen-bond donors (Lipinski definition) is 1. The maximum atomic E-state index is 13.6. The first-order valence-electron chi connectivity index (χ1n) is 13.7. The van der Waals surface area contributed by atoms with E-state index in [1.54, 1.807) is 6.26 Å². The zero-order valence-corrected chi connectivity index (χ0v) is 21.9. The van der Waals surface area contributed by atoms with Gasteiger partial charge in [0.1, 0.15) is 5.58 Å². The predicted octanol–water partition coefficient (Wildman–Crippen LogP) is 4.62. The van der Waals surface area contributed by atoms with Crippen molar-refractivity contribution in [3.05, 3.63) is 47.9 Å². The number of aliphatic hydroxyl groups excluding tert-OH is 1. The molecule has 1 fully saturated rings. The van der Waals surface area contributed by atoms with Crippen LogP contribution in [0.3, 0.4) is 0 Å². The number of carbonyl (C=O) groups excluding carboxylic acids is 1. The Morgan fingerprint density at radius 1 is 1.03 bits per heavy atom. The molecule has 0 bridgehead atoms. The zero-order valence-electron chi connectivity index (χ0n) is 21.9. The van der Waals surface area contributed by atoms with Gasteiger partial charge in [0.05, 0.1) is 32.7 Å². The van der Waals surface area contributed by atoms with E-state index in [-0.39, 0.29) is 24.3 Å². The van der Waals surface area contributed by atoms with Crippen molar-refractivity contribution in [1.29, 1.82) is 0 Å². The lowest BCUT2D eigenvalue weighted by atomic mass is 9.81. The van der Waals surface area contributed by atoms with Gasteiger partial charge in [0.15, 0.2) is 5.76 Å². The number of benzene rings is 1. The topological polar surface area (TPSA) is 90.6 Å². The lowest BCUT2D eigenvalue weighted by Gasteiger charge is -2.38. The summed E-state index contributed by atoms with van der Waals surface area (Å²) in [6.45, 7) is 5.61. The van der Waals surface area contributed by atoms with Gasteiger partial charge in [0, 0.05) is 49.1 Å². The number of likely N-dealkylation sites (tertiary alicyclic amines) is 1. The molecule has 1 saturated heterocycles. The molecule has 1 aromatic heterocycles. The third kappa shape index (κ3) is 7.35. The van der Waals surface area contributed by atoms with Crippen molar-refractivity contribution in [3.63, 3.8) is 0 Å². The number of allylic oxidation sites excluding steroid dienone is 1. The molecule has 204 valence electrons. The number of furan rings is 1. The highest BCUT2D eigenvalue weighted by molar-refractivity contribution is 5.92. The fourth-order valence-electron chi connectivity index (χ4n) is 5.26. The van der Waals surface area contributed by atoms with Crippen molar-refractivity contribution in [2.45, 2.75) is 57.7 Å². The van der Waals surface area contributed by atoms with Crippen molar-refractivity contribution in [1.82, 2.24) is 4.90 Å². The molecule has 8 nitrogen and oxygen atoms in total. The summed E-state index contributed by atoms with van der Waals surface area (Å²) < 4.78 is 29.4. The summed E-state index contributed by atoms with van der Waals surface area (Å²) >= 11 is 0. The minimum Gasteiger partial charge on any atom is -0.464 e. The van der Waals surface area contributed by atoms with Gasteiger partial charge in [0.2, 0.25) is 6.29 Å². The molecule has 2 aliphatic rings. The Labute approximate surface area is 219 Å². The molecule has 0 saturated carbocycles. The lowest BCUT2D eigenvalue weighted by molar-refractivity contribution is -0.172. The number of ether oxygens (including phenoxy) is 4. The Hall–Kier alpha value is -2.39. The molecule has 0 spiro atoms. The van der Waals surface area contributed by atoms with Crippen molar-refractivity contribution in [2.75, 3.05) is 52.7 Å². The van der Waals surface area contributed by atoms with Gasteiger partial charge < -0.3 is 33.4 Å². The molecule has 1 aromatic carbocycles. The number of fused-ring (bicyclic) bond motifs is 1. The molecule has 4 rings (SSSR count). The van der Waals surface area contributed by atoms with Gasteiger partial charge in [-0.15, -0.1) is 0 Å². The molecular weight excluding hydrogens is 474 g/mol. The van der Waals surface area contributed by atoms with Crippen LogP contribution in [0.1, 0.15) is 56.9 Å². The quantitative estimate of drug-likeness (QED) is 0.413. The molecule has 0 radical (unpaired) electrons. The number of aliphatic hydroxyl groups is 1. The fraction of sp³-hybridized carbons (Fsp3) is 0.621. The molecule has 0 aliphatic carbocycles. The number of carbonyl (C=O) groups is 1. The summed E-state index contributed by atoms with van der Waals surface area (Å²) in [6.07, 6.45) is 9.47. The van der Waals surface area contributed by atoms with Gasteiger partial charge in [-0.2, -0.15) is 0 Å². The Bertz CT molecular complexity index is 995. The van der Waals surface area contributed by atoms with Gasteiger partial charge in [-0.05, 0) is 38.3 Å². The van der Waals surface area contributed by atoms with Gasteiger partial charge in [-0.25, -0.2) is 0 Å². The van der Waals surface area contributed by atoms with Crippen molar-refractivity contribution < 1.29 is 33.3 Å². The monoisotopic (exact) mass is 515 g/mol. The Morgan fingerprint density at radius 3 is 2.51 bits per heavy atom. The second-order valence-corrected chi connectivity index (χ2v) is 9.65. The smallest absolute Gasteiger partial charge is 0.288 e. The van der Waals surface area contributed by atoms with Crippen LogP contribution in [0.2, 0.25) is 0 Å². The van der Waals surface area contributed by atoms with E-state index in [2.05, 4.69) is 6.07 Å². The minimum atomic E-state index is -0.573. The van der Waals surface area contributed by atoms with Crippen LogP contribution in [0.5, 0.6) is 0 Å². The van der Waals surface area contributed by atoms with E-state index < -0.39 is 6.29 Å². The van der Waals surface area contributed by atoms with Crippen LogP contribution >= 0.6 is 0 Å². The summed E-state index contributed by atoms with van der Waals surface area (Å²) in [7, 11) is 0. The molecule has 2 aromatic rings. The van der Waals surface area contributed by atoms with Gasteiger partial charge in [0.25, 0.3) is 5.91 Å². The van der Waals surface area contributed by atoms with Gasteiger partial charge in [-0.3, -0.25) is 4.79 Å². The van der Waals surface area contributed by atoms with E-state index in [1.165, 1.54) is 6.42 Å². The highest BCUT2D eigenvalue weighted by atomic mass is 16.7. The average Bonchev–Trinajstić information content (AvgIpc) is 3.32. The maximum absolute atomic E-state index is 13.6. The number of rotatable bonds is 12. The third-order valence-corrected chi connectivity index (χ3v) is 7.14. The average molecular weight is 516 g/mol. The molecule has 2 aliphatic heterocycles. The van der Waals surface area contributed by atoms with Crippen LogP contribution in [-0.4, -0.2) is 74.9 Å². The van der Waals surface area contributed by atoms with E-state index in [0.717, 1.165) is 55.3 Å². The predicted molar refractivity (Wildman–Crippen MR) is 140 cm³/mol. The van der Waals surface area contributed by atoms with Crippen LogP contribution in [0.25, 0.3) is 11.0 Å². The molecule has 3 heterocycles. The minimum absolute atomic E-state index is 0.000598.